The smallest absolute Gasteiger partial charge is 0.146 e. The van der Waals surface area contributed by atoms with E-state index >= 15 is 0 Å². The average molecular weight is 226 g/mol. The summed E-state index contributed by atoms with van der Waals surface area (Å²) >= 11 is 0. The van der Waals surface area contributed by atoms with Crippen molar-refractivity contribution in [3.63, 3.8) is 0 Å². The summed E-state index contributed by atoms with van der Waals surface area (Å²) < 4.78 is 0. The molecule has 1 rings (SSSR count). The standard InChI is InChI=1S/C13H26N2O/c1-4-5-13(16)11-15-8-6-12(7-9-15)10-14(2)3/h12H,4-11H2,1-3H3. The molecule has 0 aromatic rings. The molecule has 1 fully saturated rings. The molecule has 94 valence electrons. The maximum Gasteiger partial charge on any atom is 0.146 e. The molecule has 0 radical (unpaired) electrons. The second-order valence-electron chi connectivity index (χ2n) is 5.27. The van der Waals surface area contributed by atoms with Gasteiger partial charge in [0.2, 0.25) is 0 Å². The quantitative estimate of drug-likeness (QED) is 0.688. The monoisotopic (exact) mass is 226 g/mol. The van der Waals surface area contributed by atoms with E-state index < -0.39 is 0 Å². The van der Waals surface area contributed by atoms with Crippen molar-refractivity contribution in [3.8, 4) is 0 Å². The third-order valence-corrected chi connectivity index (χ3v) is 3.26. The van der Waals surface area contributed by atoms with Gasteiger partial charge < -0.3 is 4.90 Å². The summed E-state index contributed by atoms with van der Waals surface area (Å²) in [5.74, 6) is 1.24. The largest absolute Gasteiger partial charge is 0.309 e. The van der Waals surface area contributed by atoms with Gasteiger partial charge in [-0.25, -0.2) is 0 Å². The molecule has 0 bridgehead atoms. The Balaban J connectivity index is 2.19. The van der Waals surface area contributed by atoms with Gasteiger partial charge in [0.05, 0.1) is 6.54 Å². The minimum atomic E-state index is 0.411. The van der Waals surface area contributed by atoms with Gasteiger partial charge in [-0.05, 0) is 52.4 Å². The van der Waals surface area contributed by atoms with E-state index in [-0.39, 0.29) is 0 Å². The Kier molecular flexibility index (Phi) is 5.99. The van der Waals surface area contributed by atoms with Crippen LogP contribution < -0.4 is 0 Å². The Morgan fingerprint density at radius 1 is 1.31 bits per heavy atom. The molecule has 1 heterocycles. The van der Waals surface area contributed by atoms with Crippen LogP contribution in [0.15, 0.2) is 0 Å². The van der Waals surface area contributed by atoms with Crippen molar-refractivity contribution >= 4 is 5.78 Å². The molecule has 0 aromatic heterocycles. The van der Waals surface area contributed by atoms with Crippen molar-refractivity contribution < 1.29 is 4.79 Å². The van der Waals surface area contributed by atoms with Gasteiger partial charge in [-0.3, -0.25) is 9.69 Å². The molecule has 3 nitrogen and oxygen atoms in total. The average Bonchev–Trinajstić information content (AvgIpc) is 2.20. The van der Waals surface area contributed by atoms with Crippen LogP contribution in [0.1, 0.15) is 32.6 Å². The van der Waals surface area contributed by atoms with E-state index in [1.807, 2.05) is 0 Å². The number of hydrogen-bond acceptors (Lipinski definition) is 3. The van der Waals surface area contributed by atoms with Gasteiger partial charge in [-0.2, -0.15) is 0 Å². The second kappa shape index (κ2) is 7.02. The Morgan fingerprint density at radius 2 is 1.94 bits per heavy atom. The van der Waals surface area contributed by atoms with E-state index in [4.69, 9.17) is 0 Å². The van der Waals surface area contributed by atoms with Crippen LogP contribution in [0.5, 0.6) is 0 Å². The van der Waals surface area contributed by atoms with Gasteiger partial charge in [0.1, 0.15) is 5.78 Å². The first-order valence-corrected chi connectivity index (χ1v) is 6.50. The zero-order chi connectivity index (χ0) is 12.0. The number of piperidine rings is 1. The summed E-state index contributed by atoms with van der Waals surface area (Å²) in [5, 5.41) is 0. The summed E-state index contributed by atoms with van der Waals surface area (Å²) in [4.78, 5) is 16.1. The van der Waals surface area contributed by atoms with Crippen LogP contribution in [-0.4, -0.2) is 55.9 Å². The van der Waals surface area contributed by atoms with Gasteiger partial charge in [0.25, 0.3) is 0 Å². The first kappa shape index (κ1) is 13.7. The summed E-state index contributed by atoms with van der Waals surface area (Å²) in [6.07, 6.45) is 4.22. The highest BCUT2D eigenvalue weighted by atomic mass is 16.1. The third-order valence-electron chi connectivity index (χ3n) is 3.26. The van der Waals surface area contributed by atoms with Crippen LogP contribution in [0.3, 0.4) is 0 Å². The number of carbonyl (C=O) groups is 1. The highest BCUT2D eigenvalue weighted by Crippen LogP contribution is 2.17. The Morgan fingerprint density at radius 3 is 2.44 bits per heavy atom. The Labute approximate surface area is 99.8 Å². The number of Topliss-reactive ketones (excluding diaryl/α,β-unsaturated/α-hetero) is 1. The van der Waals surface area contributed by atoms with Gasteiger partial charge in [0.15, 0.2) is 0 Å². The molecule has 3 heteroatoms. The minimum Gasteiger partial charge on any atom is -0.309 e. The van der Waals surface area contributed by atoms with Crippen LogP contribution >= 0.6 is 0 Å². The van der Waals surface area contributed by atoms with Gasteiger partial charge >= 0.3 is 0 Å². The molecule has 1 aliphatic rings. The van der Waals surface area contributed by atoms with Crippen LogP contribution in [0.25, 0.3) is 0 Å². The molecule has 1 saturated heterocycles. The van der Waals surface area contributed by atoms with Crippen molar-refractivity contribution in [1.29, 1.82) is 0 Å². The Hall–Kier alpha value is -0.410. The van der Waals surface area contributed by atoms with Crippen molar-refractivity contribution in [2.75, 3.05) is 40.3 Å². The lowest BCUT2D eigenvalue weighted by Gasteiger charge is -2.32. The van der Waals surface area contributed by atoms with Crippen LogP contribution in [0.4, 0.5) is 0 Å². The topological polar surface area (TPSA) is 23.6 Å². The lowest BCUT2D eigenvalue weighted by Crippen LogP contribution is -2.39. The lowest BCUT2D eigenvalue weighted by atomic mass is 9.96. The molecule has 0 spiro atoms. The number of ketones is 1. The van der Waals surface area contributed by atoms with E-state index in [1.165, 1.54) is 19.4 Å². The van der Waals surface area contributed by atoms with E-state index in [9.17, 15) is 4.79 Å². The highest BCUT2D eigenvalue weighted by molar-refractivity contribution is 5.80. The summed E-state index contributed by atoms with van der Waals surface area (Å²) in [5.41, 5.74) is 0. The van der Waals surface area contributed by atoms with E-state index in [0.29, 0.717) is 12.3 Å². The molecule has 0 aliphatic carbocycles. The number of nitrogens with zero attached hydrogens (tertiary/aromatic N) is 2. The first-order valence-electron chi connectivity index (χ1n) is 6.50. The number of likely N-dealkylation sites (tertiary alicyclic amines) is 1. The van der Waals surface area contributed by atoms with Gasteiger partial charge in [0, 0.05) is 13.0 Å². The molecule has 0 aromatic carbocycles. The fraction of sp³-hybridized carbons (Fsp3) is 0.923. The van der Waals surface area contributed by atoms with E-state index in [2.05, 4.69) is 30.8 Å². The Bertz CT molecular complexity index is 208. The van der Waals surface area contributed by atoms with Crippen LogP contribution in [0.2, 0.25) is 0 Å². The van der Waals surface area contributed by atoms with E-state index in [0.717, 1.165) is 31.8 Å². The number of rotatable bonds is 6. The fourth-order valence-corrected chi connectivity index (χ4v) is 2.45. The SMILES string of the molecule is CCCC(=O)CN1CCC(CN(C)C)CC1. The van der Waals surface area contributed by atoms with Crippen molar-refractivity contribution in [1.82, 2.24) is 9.80 Å². The molecule has 0 unspecified atom stereocenters. The minimum absolute atomic E-state index is 0.411. The fourth-order valence-electron chi connectivity index (χ4n) is 2.45. The highest BCUT2D eigenvalue weighted by Gasteiger charge is 2.20. The molecule has 0 atom stereocenters. The summed E-state index contributed by atoms with van der Waals surface area (Å²) in [7, 11) is 4.27. The molecule has 1 aliphatic heterocycles. The zero-order valence-corrected chi connectivity index (χ0v) is 11.0. The predicted octanol–water partition coefficient (Wildman–Crippen LogP) is 1.63. The second-order valence-corrected chi connectivity index (χ2v) is 5.27. The normalized spacial score (nSPS) is 19.2. The molecular formula is C13H26N2O. The molecular weight excluding hydrogens is 200 g/mol. The van der Waals surface area contributed by atoms with Crippen molar-refractivity contribution in [2.24, 2.45) is 5.92 Å². The van der Waals surface area contributed by atoms with Crippen molar-refractivity contribution in [2.45, 2.75) is 32.6 Å². The van der Waals surface area contributed by atoms with Crippen LogP contribution in [0, 0.1) is 5.92 Å². The maximum atomic E-state index is 11.5. The molecule has 0 amide bonds. The maximum absolute atomic E-state index is 11.5. The molecule has 16 heavy (non-hydrogen) atoms. The van der Waals surface area contributed by atoms with Gasteiger partial charge in [-0.1, -0.05) is 6.92 Å². The first-order chi connectivity index (χ1) is 7.61. The van der Waals surface area contributed by atoms with Gasteiger partial charge in [-0.15, -0.1) is 0 Å². The van der Waals surface area contributed by atoms with Crippen LogP contribution in [-0.2, 0) is 4.79 Å². The van der Waals surface area contributed by atoms with Crippen molar-refractivity contribution in [3.05, 3.63) is 0 Å². The lowest BCUT2D eigenvalue weighted by molar-refractivity contribution is -0.120. The summed E-state index contributed by atoms with van der Waals surface area (Å²) in [6.45, 7) is 6.16. The number of carbonyl (C=O) groups excluding carboxylic acids is 1. The third kappa shape index (κ3) is 5.08. The predicted molar refractivity (Wildman–Crippen MR) is 67.6 cm³/mol. The van der Waals surface area contributed by atoms with E-state index in [1.54, 1.807) is 0 Å². The summed E-state index contributed by atoms with van der Waals surface area (Å²) in [6, 6.07) is 0. The molecule has 0 saturated carbocycles. The number of hydrogen-bond donors (Lipinski definition) is 0. The molecule has 0 N–H and O–H groups in total. The zero-order valence-electron chi connectivity index (χ0n) is 11.0.